The minimum atomic E-state index is -1.88. The zero-order valence-electron chi connectivity index (χ0n) is 38.2. The first-order valence-electron chi connectivity index (χ1n) is 22.0. The third-order valence-electron chi connectivity index (χ3n) is 10.6. The van der Waals surface area contributed by atoms with Gasteiger partial charge >= 0.3 is 12.2 Å². The van der Waals surface area contributed by atoms with Crippen LogP contribution in [0.5, 0.6) is 0 Å². The molecular weight excluding hydrogens is 845 g/mol. The van der Waals surface area contributed by atoms with E-state index < -0.39 is 95.8 Å². The van der Waals surface area contributed by atoms with Gasteiger partial charge in [-0.3, -0.25) is 24.0 Å². The molecular formula is C50H62N6O10. The zero-order valence-corrected chi connectivity index (χ0v) is 38.2. The molecule has 0 aromatic heterocycles. The summed E-state index contributed by atoms with van der Waals surface area (Å²) in [6, 6.07) is 28.5. The molecule has 352 valence electrons. The van der Waals surface area contributed by atoms with E-state index in [0.717, 1.165) is 11.1 Å². The van der Waals surface area contributed by atoms with Crippen molar-refractivity contribution in [2.45, 2.75) is 110 Å². The van der Waals surface area contributed by atoms with E-state index in [0.29, 0.717) is 11.1 Å². The lowest BCUT2D eigenvalue weighted by atomic mass is 9.91. The summed E-state index contributed by atoms with van der Waals surface area (Å²) < 4.78 is 10.5. The van der Waals surface area contributed by atoms with Crippen LogP contribution >= 0.6 is 0 Å². The minimum absolute atomic E-state index is 0.0147. The normalized spacial score (nSPS) is 14.2. The highest BCUT2D eigenvalue weighted by atomic mass is 16.6. The Balaban J connectivity index is 1.49. The van der Waals surface area contributed by atoms with Gasteiger partial charge in [0.05, 0.1) is 12.1 Å². The van der Waals surface area contributed by atoms with Crippen molar-refractivity contribution >= 4 is 41.6 Å². The number of nitrogens with one attached hydrogen (secondary N) is 6. The van der Waals surface area contributed by atoms with Gasteiger partial charge < -0.3 is 46.5 Å². The van der Waals surface area contributed by atoms with Crippen LogP contribution in [0.15, 0.2) is 121 Å². The maximum atomic E-state index is 14.5. The summed E-state index contributed by atoms with van der Waals surface area (Å²) in [7, 11) is 0. The number of ketones is 1. The Morgan fingerprint density at radius 1 is 0.439 bits per heavy atom. The molecule has 16 nitrogen and oxygen atoms in total. The monoisotopic (exact) mass is 906 g/mol. The standard InChI is InChI=1S/C50H62N6O10/c1-31(2)41(55-45(59)33(5)51-49(63)65-29-37-23-15-9-16-24-37)47(61)53-39(27-35-19-11-7-12-20-35)43(57)44(58)40(28-36-21-13-8-14-22-36)54-48(62)42(32(3)4)56-46(60)34(6)52-50(64)66-30-38-25-17-10-18-26-38/h7-26,31-34,39-43,57H,27-30H2,1-6H3,(H,51,63)(H,52,64)(H,53,61)(H,54,62)(H,55,59)(H,56,60)/t33?,34?,39-,40+,41-,42-,43+/m0/s1. The number of hydrogen-bond donors (Lipinski definition) is 7. The first kappa shape index (κ1) is 51.6. The fourth-order valence-corrected chi connectivity index (χ4v) is 6.76. The van der Waals surface area contributed by atoms with Gasteiger partial charge in [0.25, 0.3) is 0 Å². The molecule has 7 N–H and O–H groups in total. The number of amides is 6. The van der Waals surface area contributed by atoms with Crippen molar-refractivity contribution in [3.05, 3.63) is 144 Å². The molecule has 4 rings (SSSR count). The smallest absolute Gasteiger partial charge is 0.408 e. The van der Waals surface area contributed by atoms with Crippen LogP contribution in [0.2, 0.25) is 0 Å². The first-order chi connectivity index (χ1) is 31.5. The Labute approximate surface area is 386 Å². The fourth-order valence-electron chi connectivity index (χ4n) is 6.76. The van der Waals surface area contributed by atoms with Crippen molar-refractivity contribution in [1.82, 2.24) is 31.9 Å². The molecule has 0 saturated carbocycles. The van der Waals surface area contributed by atoms with Crippen molar-refractivity contribution in [1.29, 1.82) is 0 Å². The molecule has 0 aliphatic heterocycles. The van der Waals surface area contributed by atoms with E-state index in [4.69, 9.17) is 9.47 Å². The molecule has 2 unspecified atom stereocenters. The van der Waals surface area contributed by atoms with Crippen LogP contribution in [-0.4, -0.2) is 89.1 Å². The van der Waals surface area contributed by atoms with E-state index in [-0.39, 0.29) is 26.1 Å². The van der Waals surface area contributed by atoms with E-state index in [9.17, 15) is 38.7 Å². The summed E-state index contributed by atoms with van der Waals surface area (Å²) in [5.74, 6) is -4.59. The van der Waals surface area contributed by atoms with Gasteiger partial charge in [0.2, 0.25) is 23.6 Å². The highest BCUT2D eigenvalue weighted by Gasteiger charge is 2.38. The Morgan fingerprint density at radius 2 is 0.788 bits per heavy atom. The highest BCUT2D eigenvalue weighted by molar-refractivity contribution is 5.97. The number of alkyl carbamates (subject to hydrolysis) is 2. The molecule has 0 aliphatic rings. The van der Waals surface area contributed by atoms with Crippen molar-refractivity contribution in [3.63, 3.8) is 0 Å². The number of hydrogen-bond acceptors (Lipinski definition) is 10. The SMILES string of the molecule is CC(NC(=O)OCc1ccccc1)C(=O)N[C@H](C(=O)N[C@@H](Cc1ccccc1)[C@@H](O)C(=O)[C@@H](Cc1ccccc1)NC(=O)[C@@H](NC(=O)C(C)NC(=O)OCc1ccccc1)C(C)C)C(C)C. The quantitative estimate of drug-likeness (QED) is 0.0559. The average Bonchev–Trinajstić information content (AvgIpc) is 3.31. The van der Waals surface area contributed by atoms with Gasteiger partial charge in [-0.2, -0.15) is 0 Å². The van der Waals surface area contributed by atoms with Crippen molar-refractivity contribution in [3.8, 4) is 0 Å². The zero-order chi connectivity index (χ0) is 48.2. The number of ether oxygens (including phenoxy) is 2. The van der Waals surface area contributed by atoms with Gasteiger partial charge in [0.1, 0.15) is 43.5 Å². The predicted molar refractivity (Wildman–Crippen MR) is 247 cm³/mol. The van der Waals surface area contributed by atoms with Crippen LogP contribution in [0.3, 0.4) is 0 Å². The van der Waals surface area contributed by atoms with Crippen molar-refractivity contribution in [2.75, 3.05) is 0 Å². The molecule has 0 aliphatic carbocycles. The number of benzene rings is 4. The van der Waals surface area contributed by atoms with E-state index >= 15 is 0 Å². The second-order valence-electron chi connectivity index (χ2n) is 16.7. The predicted octanol–water partition coefficient (Wildman–Crippen LogP) is 4.28. The van der Waals surface area contributed by atoms with E-state index in [1.807, 2.05) is 12.1 Å². The molecule has 0 heterocycles. The minimum Gasteiger partial charge on any atom is -0.445 e. The van der Waals surface area contributed by atoms with Gasteiger partial charge in [-0.15, -0.1) is 0 Å². The molecule has 0 spiro atoms. The molecule has 4 aromatic carbocycles. The number of aliphatic hydroxyl groups excluding tert-OH is 1. The van der Waals surface area contributed by atoms with Crippen LogP contribution in [0.25, 0.3) is 0 Å². The van der Waals surface area contributed by atoms with Crippen LogP contribution in [0, 0.1) is 11.8 Å². The fraction of sp³-hybridized carbons (Fsp3) is 0.380. The maximum Gasteiger partial charge on any atom is 0.408 e. The van der Waals surface area contributed by atoms with Crippen LogP contribution in [-0.2, 0) is 59.5 Å². The number of aliphatic hydroxyl groups is 1. The van der Waals surface area contributed by atoms with Gasteiger partial charge in [-0.1, -0.05) is 149 Å². The third-order valence-corrected chi connectivity index (χ3v) is 10.6. The van der Waals surface area contributed by atoms with Crippen LogP contribution < -0.4 is 31.9 Å². The summed E-state index contributed by atoms with van der Waals surface area (Å²) in [6.45, 7) is 9.64. The lowest BCUT2D eigenvalue weighted by Gasteiger charge is -2.31. The Bertz CT molecular complexity index is 2190. The largest absolute Gasteiger partial charge is 0.445 e. The number of carbonyl (C=O) groups is 7. The summed E-state index contributed by atoms with van der Waals surface area (Å²) in [5, 5.41) is 27.8. The first-order valence-corrected chi connectivity index (χ1v) is 22.0. The lowest BCUT2D eigenvalue weighted by Crippen LogP contribution is -2.61. The Morgan fingerprint density at radius 3 is 1.17 bits per heavy atom. The molecule has 0 radical (unpaired) electrons. The lowest BCUT2D eigenvalue weighted by molar-refractivity contribution is -0.137. The topological polar surface area (TPSA) is 230 Å². The average molecular weight is 907 g/mol. The molecule has 0 saturated heterocycles. The van der Waals surface area contributed by atoms with Crippen LogP contribution in [0.1, 0.15) is 63.8 Å². The second-order valence-corrected chi connectivity index (χ2v) is 16.7. The summed E-state index contributed by atoms with van der Waals surface area (Å²) in [4.78, 5) is 94.3. The van der Waals surface area contributed by atoms with E-state index in [2.05, 4.69) is 31.9 Å². The molecule has 7 atom stereocenters. The molecule has 0 fully saturated rings. The van der Waals surface area contributed by atoms with E-state index in [1.165, 1.54) is 13.8 Å². The number of Topliss-reactive ketones (excluding diaryl/α,β-unsaturated/α-hetero) is 1. The van der Waals surface area contributed by atoms with Gasteiger partial charge in [0, 0.05) is 0 Å². The number of carbonyl (C=O) groups excluding carboxylic acids is 7. The van der Waals surface area contributed by atoms with Gasteiger partial charge in [-0.05, 0) is 60.8 Å². The van der Waals surface area contributed by atoms with Gasteiger partial charge in [-0.25, -0.2) is 9.59 Å². The van der Waals surface area contributed by atoms with Crippen LogP contribution in [0.4, 0.5) is 9.59 Å². The summed E-state index contributed by atoms with van der Waals surface area (Å²) in [6.07, 6.45) is -3.62. The highest BCUT2D eigenvalue weighted by Crippen LogP contribution is 2.15. The molecule has 6 amide bonds. The van der Waals surface area contributed by atoms with Crippen molar-refractivity contribution in [2.24, 2.45) is 11.8 Å². The summed E-state index contributed by atoms with van der Waals surface area (Å²) in [5.41, 5.74) is 2.83. The number of rotatable bonds is 23. The Hall–Kier alpha value is -7.07. The molecule has 4 aromatic rings. The third kappa shape index (κ3) is 16.8. The summed E-state index contributed by atoms with van der Waals surface area (Å²) >= 11 is 0. The second kappa shape index (κ2) is 26.0. The Kier molecular flexibility index (Phi) is 20.3. The van der Waals surface area contributed by atoms with Gasteiger partial charge in [0.15, 0.2) is 5.78 Å². The molecule has 16 heteroatoms. The van der Waals surface area contributed by atoms with Crippen molar-refractivity contribution < 1.29 is 48.1 Å². The van der Waals surface area contributed by atoms with E-state index in [1.54, 1.807) is 137 Å². The molecule has 0 bridgehead atoms. The molecule has 66 heavy (non-hydrogen) atoms. The maximum absolute atomic E-state index is 14.5.